The van der Waals surface area contributed by atoms with Crippen LogP contribution < -0.4 is 0 Å². The van der Waals surface area contributed by atoms with E-state index in [1.165, 1.54) is 21.5 Å². The summed E-state index contributed by atoms with van der Waals surface area (Å²) in [6.45, 7) is 6.91. The Morgan fingerprint density at radius 3 is 1.17 bits per heavy atom. The highest BCUT2D eigenvalue weighted by molar-refractivity contribution is 6.12. The van der Waals surface area contributed by atoms with Crippen molar-refractivity contribution in [3.8, 4) is 45.5 Å². The Morgan fingerprint density at radius 1 is 0.370 bits per heavy atom. The van der Waals surface area contributed by atoms with Crippen molar-refractivity contribution < 1.29 is 0 Å². The van der Waals surface area contributed by atoms with Crippen LogP contribution in [0.25, 0.3) is 89.2 Å². The van der Waals surface area contributed by atoms with Gasteiger partial charge in [-0.2, -0.15) is 0 Å². The molecule has 0 aliphatic heterocycles. The average molecular weight is 696 g/mol. The zero-order valence-corrected chi connectivity index (χ0v) is 30.4. The summed E-state index contributed by atoms with van der Waals surface area (Å²) in [5, 5.41) is 4.87. The summed E-state index contributed by atoms with van der Waals surface area (Å²) in [6, 6.07) is 59.9. The summed E-state index contributed by atoms with van der Waals surface area (Å²) in [5.74, 6) is 1.93. The van der Waals surface area contributed by atoms with E-state index in [-0.39, 0.29) is 5.41 Å². The fraction of sp³-hybridized carbons (Fsp3) is 0.0816. The van der Waals surface area contributed by atoms with Gasteiger partial charge in [0.1, 0.15) is 0 Å². The van der Waals surface area contributed by atoms with Crippen LogP contribution in [0.4, 0.5) is 0 Å². The maximum Gasteiger partial charge on any atom is 0.164 e. The average Bonchev–Trinajstić information content (AvgIpc) is 3.73. The number of nitrogens with zero attached hydrogens (tertiary/aromatic N) is 5. The fourth-order valence-electron chi connectivity index (χ4n) is 8.21. The number of para-hydroxylation sites is 4. The molecule has 0 saturated carbocycles. The molecule has 0 N–H and O–H groups in total. The van der Waals surface area contributed by atoms with Crippen LogP contribution in [0.3, 0.4) is 0 Å². The standard InChI is InChI=1S/C49H37N5/c1-49(2,3)44-38(48-51-46(32-18-6-4-7-19-32)50-47(52-48)33-20-8-5-9-21-33)30-31-43(53-39-26-14-10-22-34(39)35-23-11-15-27-40(35)53)45(44)54-41-28-16-12-24-36(41)37-25-13-17-29-42(37)54/h4-31H,1-3H3. The van der Waals surface area contributed by atoms with Gasteiger partial charge in [0.15, 0.2) is 17.5 Å². The Bertz CT molecular complexity index is 2860. The molecule has 3 heterocycles. The molecule has 0 radical (unpaired) electrons. The monoisotopic (exact) mass is 695 g/mol. The number of hydrogen-bond donors (Lipinski definition) is 0. The Hall–Kier alpha value is -6.85. The van der Waals surface area contributed by atoms with Gasteiger partial charge in [-0.3, -0.25) is 0 Å². The molecule has 5 nitrogen and oxygen atoms in total. The van der Waals surface area contributed by atoms with E-state index in [2.05, 4.69) is 163 Å². The van der Waals surface area contributed by atoms with Crippen molar-refractivity contribution in [1.29, 1.82) is 0 Å². The summed E-state index contributed by atoms with van der Waals surface area (Å²) in [5.41, 5.74) is 10.5. The van der Waals surface area contributed by atoms with Gasteiger partial charge in [-0.1, -0.05) is 154 Å². The molecule has 10 rings (SSSR count). The molecule has 0 atom stereocenters. The Kier molecular flexibility index (Phi) is 7.31. The first kappa shape index (κ1) is 31.9. The van der Waals surface area contributed by atoms with Gasteiger partial charge in [0, 0.05) is 38.2 Å². The fourth-order valence-corrected chi connectivity index (χ4v) is 8.21. The largest absolute Gasteiger partial charge is 0.307 e. The molecule has 7 aromatic carbocycles. The topological polar surface area (TPSA) is 48.5 Å². The van der Waals surface area contributed by atoms with Crippen LogP contribution >= 0.6 is 0 Å². The number of aromatic nitrogens is 5. The van der Waals surface area contributed by atoms with Gasteiger partial charge >= 0.3 is 0 Å². The van der Waals surface area contributed by atoms with E-state index in [9.17, 15) is 0 Å². The number of hydrogen-bond acceptors (Lipinski definition) is 3. The summed E-state index contributed by atoms with van der Waals surface area (Å²) in [4.78, 5) is 15.6. The second-order valence-corrected chi connectivity index (χ2v) is 14.9. The van der Waals surface area contributed by atoms with Crippen molar-refractivity contribution in [2.24, 2.45) is 0 Å². The van der Waals surface area contributed by atoms with Crippen molar-refractivity contribution in [3.63, 3.8) is 0 Å². The maximum atomic E-state index is 5.27. The zero-order chi connectivity index (χ0) is 36.4. The van der Waals surface area contributed by atoms with Gasteiger partial charge in [-0.05, 0) is 47.4 Å². The van der Waals surface area contributed by atoms with Crippen molar-refractivity contribution in [1.82, 2.24) is 24.1 Å². The van der Waals surface area contributed by atoms with Gasteiger partial charge < -0.3 is 9.13 Å². The van der Waals surface area contributed by atoms with Crippen LogP contribution in [0.5, 0.6) is 0 Å². The smallest absolute Gasteiger partial charge is 0.164 e. The number of rotatable bonds is 5. The minimum atomic E-state index is -0.349. The lowest BCUT2D eigenvalue weighted by Crippen LogP contribution is -2.20. The van der Waals surface area contributed by atoms with E-state index < -0.39 is 0 Å². The first-order valence-electron chi connectivity index (χ1n) is 18.5. The molecule has 0 aliphatic carbocycles. The van der Waals surface area contributed by atoms with Gasteiger partial charge in [-0.25, -0.2) is 15.0 Å². The van der Waals surface area contributed by atoms with Gasteiger partial charge in [-0.15, -0.1) is 0 Å². The van der Waals surface area contributed by atoms with Crippen LogP contribution in [0, 0.1) is 0 Å². The molecule has 10 aromatic rings. The lowest BCUT2D eigenvalue weighted by atomic mass is 9.81. The highest BCUT2D eigenvalue weighted by atomic mass is 15.1. The van der Waals surface area contributed by atoms with Crippen LogP contribution in [-0.2, 0) is 5.41 Å². The normalized spacial score (nSPS) is 12.0. The molecular formula is C49H37N5. The second kappa shape index (κ2) is 12.4. The third-order valence-corrected chi connectivity index (χ3v) is 10.5. The van der Waals surface area contributed by atoms with E-state index in [1.54, 1.807) is 0 Å². The van der Waals surface area contributed by atoms with Crippen LogP contribution in [0.2, 0.25) is 0 Å². The van der Waals surface area contributed by atoms with E-state index in [1.807, 2.05) is 36.4 Å². The number of benzene rings is 7. The maximum absolute atomic E-state index is 5.27. The molecule has 54 heavy (non-hydrogen) atoms. The Labute approximate surface area is 313 Å². The molecule has 5 heteroatoms. The van der Waals surface area contributed by atoms with E-state index in [0.717, 1.165) is 55.7 Å². The Morgan fingerprint density at radius 2 is 0.741 bits per heavy atom. The quantitative estimate of drug-likeness (QED) is 0.180. The van der Waals surface area contributed by atoms with Crippen molar-refractivity contribution >= 4 is 43.6 Å². The highest BCUT2D eigenvalue weighted by Crippen LogP contribution is 2.45. The highest BCUT2D eigenvalue weighted by Gasteiger charge is 2.31. The van der Waals surface area contributed by atoms with E-state index in [4.69, 9.17) is 15.0 Å². The minimum Gasteiger partial charge on any atom is -0.307 e. The molecule has 0 spiro atoms. The van der Waals surface area contributed by atoms with Crippen LogP contribution in [0.15, 0.2) is 170 Å². The summed E-state index contributed by atoms with van der Waals surface area (Å²) >= 11 is 0. The third kappa shape index (κ3) is 5.04. The van der Waals surface area contributed by atoms with Gasteiger partial charge in [0.05, 0.1) is 33.4 Å². The molecule has 0 bridgehead atoms. The first-order chi connectivity index (χ1) is 26.5. The predicted molar refractivity (Wildman–Crippen MR) is 224 cm³/mol. The van der Waals surface area contributed by atoms with Crippen molar-refractivity contribution in [3.05, 3.63) is 175 Å². The lowest BCUT2D eigenvalue weighted by Gasteiger charge is -2.30. The molecule has 0 fully saturated rings. The number of fused-ring (bicyclic) bond motifs is 6. The summed E-state index contributed by atoms with van der Waals surface area (Å²) < 4.78 is 4.92. The molecule has 0 saturated heterocycles. The molecular weight excluding hydrogens is 659 g/mol. The predicted octanol–water partition coefficient (Wildman–Crippen LogP) is 12.4. The summed E-state index contributed by atoms with van der Waals surface area (Å²) in [6.07, 6.45) is 0. The van der Waals surface area contributed by atoms with Gasteiger partial charge in [0.2, 0.25) is 0 Å². The Balaban J connectivity index is 1.39. The molecule has 0 unspecified atom stereocenters. The van der Waals surface area contributed by atoms with Crippen LogP contribution in [-0.4, -0.2) is 24.1 Å². The summed E-state index contributed by atoms with van der Waals surface area (Å²) in [7, 11) is 0. The lowest BCUT2D eigenvalue weighted by molar-refractivity contribution is 0.588. The third-order valence-electron chi connectivity index (χ3n) is 10.5. The molecule has 0 aliphatic rings. The second-order valence-electron chi connectivity index (χ2n) is 14.9. The molecule has 258 valence electrons. The van der Waals surface area contributed by atoms with Crippen molar-refractivity contribution in [2.45, 2.75) is 26.2 Å². The van der Waals surface area contributed by atoms with Crippen molar-refractivity contribution in [2.75, 3.05) is 0 Å². The minimum absolute atomic E-state index is 0.349. The van der Waals surface area contributed by atoms with E-state index in [0.29, 0.717) is 17.5 Å². The van der Waals surface area contributed by atoms with Crippen LogP contribution in [0.1, 0.15) is 26.3 Å². The SMILES string of the molecule is CC(C)(C)c1c(-c2nc(-c3ccccc3)nc(-c3ccccc3)n2)ccc(-n2c3ccccc3c3ccccc32)c1-n1c2ccccc2c2ccccc21. The first-order valence-corrected chi connectivity index (χ1v) is 18.5. The van der Waals surface area contributed by atoms with Gasteiger partial charge in [0.25, 0.3) is 0 Å². The molecule has 0 amide bonds. The van der Waals surface area contributed by atoms with E-state index >= 15 is 0 Å². The zero-order valence-electron chi connectivity index (χ0n) is 30.4. The molecule has 3 aromatic heterocycles.